The first kappa shape index (κ1) is 24.3. The van der Waals surface area contributed by atoms with Gasteiger partial charge < -0.3 is 10.2 Å². The fraction of sp³-hybridized carbons (Fsp3) is 0.357. The van der Waals surface area contributed by atoms with E-state index in [0.717, 1.165) is 67.1 Å². The van der Waals surface area contributed by atoms with Gasteiger partial charge in [0.2, 0.25) is 0 Å². The molecule has 0 spiro atoms. The van der Waals surface area contributed by atoms with Crippen LogP contribution in [0.5, 0.6) is 0 Å². The van der Waals surface area contributed by atoms with Crippen molar-refractivity contribution in [2.45, 2.75) is 45.1 Å². The van der Waals surface area contributed by atoms with Gasteiger partial charge in [-0.15, -0.1) is 0 Å². The Bertz CT molecular complexity index is 1600. The first-order valence-electron chi connectivity index (χ1n) is 12.9. The van der Waals surface area contributed by atoms with Crippen molar-refractivity contribution >= 4 is 28.2 Å². The Kier molecular flexibility index (Phi) is 5.77. The van der Waals surface area contributed by atoms with E-state index in [1.54, 1.807) is 0 Å². The first-order chi connectivity index (χ1) is 18.2. The maximum Gasteiger partial charge on any atom is 0.276 e. The number of amides is 1. The Hall–Kier alpha value is -4.08. The van der Waals surface area contributed by atoms with E-state index in [1.165, 1.54) is 18.6 Å². The molecule has 1 saturated carbocycles. The number of benzene rings is 2. The van der Waals surface area contributed by atoms with Gasteiger partial charge in [-0.3, -0.25) is 14.3 Å². The van der Waals surface area contributed by atoms with Gasteiger partial charge in [-0.2, -0.15) is 14.9 Å². The van der Waals surface area contributed by atoms with Crippen molar-refractivity contribution in [3.05, 3.63) is 76.3 Å². The molecule has 10 heteroatoms. The van der Waals surface area contributed by atoms with Crippen LogP contribution in [0.25, 0.3) is 16.6 Å². The maximum absolute atomic E-state index is 14.4. The predicted molar refractivity (Wildman–Crippen MR) is 141 cm³/mol. The SMILES string of the molecule is C[C@H]1CCN(c2c(NC(=O)c3ccc(=O)n(-c4c(F)cccc4F)n3)ccc3nn(C4(C)CCC4)cc23)C1. The standard InChI is InChI=1S/C28H28F2N6O2/c1-17-11-14-34(15-17)25-18-16-35(28(2)12-4-13-28)32-21(18)7-8-22(25)31-27(38)23-9-10-24(37)36(33-23)26-19(29)5-3-6-20(26)30/h3,5-10,16-17H,4,11-15H2,1-2H3,(H,31,38)/t17-/m0/s1. The molecule has 0 radical (unpaired) electrons. The molecule has 1 N–H and O–H groups in total. The highest BCUT2D eigenvalue weighted by atomic mass is 19.1. The van der Waals surface area contributed by atoms with Crippen LogP contribution in [0.4, 0.5) is 20.2 Å². The Morgan fingerprint density at radius 3 is 2.47 bits per heavy atom. The molecule has 0 bridgehead atoms. The number of anilines is 2. The van der Waals surface area contributed by atoms with Crippen molar-refractivity contribution in [3.8, 4) is 5.69 Å². The summed E-state index contributed by atoms with van der Waals surface area (Å²) in [6.45, 7) is 6.11. The van der Waals surface area contributed by atoms with Gasteiger partial charge in [-0.25, -0.2) is 8.78 Å². The number of aromatic nitrogens is 4. The Labute approximate surface area is 217 Å². The van der Waals surface area contributed by atoms with Crippen LogP contribution in [0.1, 0.15) is 50.0 Å². The van der Waals surface area contributed by atoms with Crippen LogP contribution >= 0.6 is 0 Å². The van der Waals surface area contributed by atoms with Crippen LogP contribution in [0.15, 0.2) is 53.5 Å². The molecule has 1 saturated heterocycles. The number of halogens is 2. The van der Waals surface area contributed by atoms with Crippen LogP contribution < -0.4 is 15.8 Å². The van der Waals surface area contributed by atoms with Crippen LogP contribution in [-0.4, -0.2) is 38.6 Å². The number of rotatable bonds is 5. The summed E-state index contributed by atoms with van der Waals surface area (Å²) in [7, 11) is 0. The molecule has 0 unspecified atom stereocenters. The fourth-order valence-corrected chi connectivity index (χ4v) is 5.42. The molecule has 1 aliphatic heterocycles. The molecule has 2 fully saturated rings. The average molecular weight is 519 g/mol. The van der Waals surface area contributed by atoms with Gasteiger partial charge in [0.1, 0.15) is 11.4 Å². The van der Waals surface area contributed by atoms with Gasteiger partial charge in [0, 0.05) is 30.7 Å². The molecule has 2 aromatic heterocycles. The van der Waals surface area contributed by atoms with Crippen LogP contribution in [-0.2, 0) is 5.54 Å². The summed E-state index contributed by atoms with van der Waals surface area (Å²) in [5.74, 6) is -1.99. The molecule has 8 nitrogen and oxygen atoms in total. The minimum atomic E-state index is -0.954. The molecule has 4 aromatic rings. The molecule has 2 aliphatic rings. The van der Waals surface area contributed by atoms with Crippen molar-refractivity contribution < 1.29 is 13.6 Å². The zero-order valence-electron chi connectivity index (χ0n) is 21.2. The molecule has 38 heavy (non-hydrogen) atoms. The average Bonchev–Trinajstić information content (AvgIpc) is 3.49. The smallest absolute Gasteiger partial charge is 0.276 e. The second-order valence-corrected chi connectivity index (χ2v) is 10.7. The highest BCUT2D eigenvalue weighted by molar-refractivity contribution is 6.08. The Balaban J connectivity index is 1.40. The van der Waals surface area contributed by atoms with Crippen LogP contribution in [0.3, 0.4) is 0 Å². The third kappa shape index (κ3) is 4.04. The topological polar surface area (TPSA) is 85.1 Å². The summed E-state index contributed by atoms with van der Waals surface area (Å²) >= 11 is 0. The summed E-state index contributed by atoms with van der Waals surface area (Å²) < 4.78 is 31.4. The van der Waals surface area contributed by atoms with Gasteiger partial charge in [-0.1, -0.05) is 13.0 Å². The number of carbonyl (C=O) groups is 1. The number of hydrogen-bond acceptors (Lipinski definition) is 5. The van der Waals surface area contributed by atoms with E-state index in [1.807, 2.05) is 12.1 Å². The molecule has 6 rings (SSSR count). The van der Waals surface area contributed by atoms with E-state index >= 15 is 0 Å². The lowest BCUT2D eigenvalue weighted by Gasteiger charge is -2.38. The van der Waals surface area contributed by atoms with Crippen LogP contribution in [0.2, 0.25) is 0 Å². The van der Waals surface area contributed by atoms with Crippen molar-refractivity contribution in [2.24, 2.45) is 5.92 Å². The number of para-hydroxylation sites is 1. The van der Waals surface area contributed by atoms with E-state index in [9.17, 15) is 18.4 Å². The minimum Gasteiger partial charge on any atom is -0.369 e. The number of fused-ring (bicyclic) bond motifs is 1. The fourth-order valence-electron chi connectivity index (χ4n) is 5.42. The zero-order chi connectivity index (χ0) is 26.6. The van der Waals surface area contributed by atoms with Crippen molar-refractivity contribution in [1.29, 1.82) is 0 Å². The molecule has 3 heterocycles. The Morgan fingerprint density at radius 2 is 1.82 bits per heavy atom. The van der Waals surface area contributed by atoms with Crippen molar-refractivity contribution in [1.82, 2.24) is 19.6 Å². The van der Waals surface area contributed by atoms with Crippen molar-refractivity contribution in [2.75, 3.05) is 23.3 Å². The zero-order valence-corrected chi connectivity index (χ0v) is 21.2. The summed E-state index contributed by atoms with van der Waals surface area (Å²) in [6, 6.07) is 9.28. The van der Waals surface area contributed by atoms with Gasteiger partial charge >= 0.3 is 0 Å². The lowest BCUT2D eigenvalue weighted by molar-refractivity contribution is 0.102. The molecule has 1 atom stereocenters. The van der Waals surface area contributed by atoms with E-state index in [0.29, 0.717) is 16.3 Å². The second-order valence-electron chi connectivity index (χ2n) is 10.7. The molecule has 196 valence electrons. The van der Waals surface area contributed by atoms with Gasteiger partial charge in [-0.05, 0) is 68.9 Å². The summed E-state index contributed by atoms with van der Waals surface area (Å²) in [6.07, 6.45) is 6.43. The first-order valence-corrected chi connectivity index (χ1v) is 12.9. The second kappa shape index (κ2) is 9.04. The van der Waals surface area contributed by atoms with Crippen molar-refractivity contribution in [3.63, 3.8) is 0 Å². The summed E-state index contributed by atoms with van der Waals surface area (Å²) in [5.41, 5.74) is 0.804. The van der Waals surface area contributed by atoms with Crippen LogP contribution in [0, 0.1) is 17.6 Å². The van der Waals surface area contributed by atoms with Gasteiger partial charge in [0.25, 0.3) is 11.5 Å². The highest BCUT2D eigenvalue weighted by Gasteiger charge is 2.35. The third-order valence-electron chi connectivity index (χ3n) is 7.82. The number of nitrogens with zero attached hydrogens (tertiary/aromatic N) is 5. The van der Waals surface area contributed by atoms with E-state index in [2.05, 4.69) is 40.0 Å². The number of carbonyl (C=O) groups excluding carboxylic acids is 1. The predicted octanol–water partition coefficient (Wildman–Crippen LogP) is 4.86. The minimum absolute atomic E-state index is 0.00237. The third-order valence-corrected chi connectivity index (χ3v) is 7.82. The Morgan fingerprint density at radius 1 is 1.05 bits per heavy atom. The molecule has 1 amide bonds. The molecule has 2 aromatic carbocycles. The maximum atomic E-state index is 14.4. The molecule has 1 aliphatic carbocycles. The van der Waals surface area contributed by atoms with Gasteiger partial charge in [0.15, 0.2) is 11.6 Å². The normalized spacial score (nSPS) is 18.5. The van der Waals surface area contributed by atoms with E-state index in [-0.39, 0.29) is 11.2 Å². The lowest BCUT2D eigenvalue weighted by atomic mass is 9.79. The largest absolute Gasteiger partial charge is 0.369 e. The summed E-state index contributed by atoms with van der Waals surface area (Å²) in [5, 5.41) is 12.7. The quantitative estimate of drug-likeness (QED) is 0.408. The van der Waals surface area contributed by atoms with Gasteiger partial charge in [0.05, 0.1) is 22.4 Å². The lowest BCUT2D eigenvalue weighted by Crippen LogP contribution is -2.37. The number of nitrogens with one attached hydrogen (secondary N) is 1. The molecular weight excluding hydrogens is 490 g/mol. The molecular formula is C28H28F2N6O2. The monoisotopic (exact) mass is 518 g/mol. The van der Waals surface area contributed by atoms with E-state index < -0.39 is 28.8 Å². The van der Waals surface area contributed by atoms with E-state index in [4.69, 9.17) is 5.10 Å². The number of hydrogen-bond donors (Lipinski definition) is 1. The highest BCUT2D eigenvalue weighted by Crippen LogP contribution is 2.42. The summed E-state index contributed by atoms with van der Waals surface area (Å²) in [4.78, 5) is 28.0.